The highest BCUT2D eigenvalue weighted by atomic mass is 16.7. The molecule has 1 aliphatic heterocycles. The zero-order valence-corrected chi connectivity index (χ0v) is 5.95. The molecule has 0 bridgehead atoms. The third-order valence-corrected chi connectivity index (χ3v) is 1.20. The second-order valence-corrected chi connectivity index (χ2v) is 1.98. The van der Waals surface area contributed by atoms with Gasteiger partial charge >= 0.3 is 0 Å². The first kappa shape index (κ1) is 7.81. The number of primary amides is 1. The SMILES string of the molecule is NC(=O)C1=C/COCO/C=C\1. The monoisotopic (exact) mass is 155 g/mol. The molecule has 0 fully saturated rings. The summed E-state index contributed by atoms with van der Waals surface area (Å²) < 4.78 is 9.70. The van der Waals surface area contributed by atoms with E-state index in [4.69, 9.17) is 15.2 Å². The lowest BCUT2D eigenvalue weighted by molar-refractivity contribution is -0.114. The van der Waals surface area contributed by atoms with E-state index in [1.165, 1.54) is 12.3 Å². The minimum atomic E-state index is -0.477. The lowest BCUT2D eigenvalue weighted by Crippen LogP contribution is -2.14. The zero-order valence-electron chi connectivity index (χ0n) is 5.95. The van der Waals surface area contributed by atoms with Crippen LogP contribution in [0.4, 0.5) is 0 Å². The number of nitrogens with two attached hydrogens (primary N) is 1. The van der Waals surface area contributed by atoms with Gasteiger partial charge in [0.25, 0.3) is 0 Å². The minimum Gasteiger partial charge on any atom is -0.475 e. The quantitative estimate of drug-likeness (QED) is 0.576. The van der Waals surface area contributed by atoms with Crippen LogP contribution in [0.25, 0.3) is 0 Å². The van der Waals surface area contributed by atoms with E-state index in [1.54, 1.807) is 6.08 Å². The Hall–Kier alpha value is -1.29. The molecule has 1 rings (SSSR count). The lowest BCUT2D eigenvalue weighted by atomic mass is 10.2. The van der Waals surface area contributed by atoms with Gasteiger partial charge in [0, 0.05) is 5.57 Å². The Kier molecular flexibility index (Phi) is 2.68. The number of rotatable bonds is 1. The summed E-state index contributed by atoms with van der Waals surface area (Å²) in [6.07, 6.45) is 4.52. The van der Waals surface area contributed by atoms with Gasteiger partial charge in [0.05, 0.1) is 12.9 Å². The normalized spacial score (nSPS) is 25.3. The van der Waals surface area contributed by atoms with Crippen molar-refractivity contribution in [2.45, 2.75) is 0 Å². The van der Waals surface area contributed by atoms with Crippen LogP contribution >= 0.6 is 0 Å². The molecule has 0 saturated carbocycles. The molecule has 0 saturated heterocycles. The zero-order chi connectivity index (χ0) is 8.10. The van der Waals surface area contributed by atoms with Crippen LogP contribution in [-0.4, -0.2) is 19.3 Å². The highest BCUT2D eigenvalue weighted by Crippen LogP contribution is 1.99. The van der Waals surface area contributed by atoms with Crippen LogP contribution in [0.5, 0.6) is 0 Å². The fourth-order valence-corrected chi connectivity index (χ4v) is 0.656. The molecule has 0 spiro atoms. The van der Waals surface area contributed by atoms with E-state index >= 15 is 0 Å². The van der Waals surface area contributed by atoms with Crippen molar-refractivity contribution in [3.8, 4) is 0 Å². The molecule has 1 heterocycles. The minimum absolute atomic E-state index is 0.207. The van der Waals surface area contributed by atoms with E-state index in [9.17, 15) is 4.79 Å². The van der Waals surface area contributed by atoms with Crippen molar-refractivity contribution in [1.29, 1.82) is 0 Å². The van der Waals surface area contributed by atoms with Gasteiger partial charge in [-0.05, 0) is 12.2 Å². The first-order chi connectivity index (χ1) is 5.30. The summed E-state index contributed by atoms with van der Waals surface area (Å²) in [5.41, 5.74) is 5.43. The van der Waals surface area contributed by atoms with Crippen molar-refractivity contribution < 1.29 is 14.3 Å². The molecule has 0 radical (unpaired) electrons. The molecule has 0 aliphatic carbocycles. The van der Waals surface area contributed by atoms with Crippen LogP contribution in [-0.2, 0) is 14.3 Å². The van der Waals surface area contributed by atoms with Gasteiger partial charge in [-0.15, -0.1) is 0 Å². The van der Waals surface area contributed by atoms with Gasteiger partial charge in [-0.2, -0.15) is 0 Å². The summed E-state index contributed by atoms with van der Waals surface area (Å²) in [6.45, 7) is 0.557. The number of ether oxygens (including phenoxy) is 2. The third-order valence-electron chi connectivity index (χ3n) is 1.20. The molecule has 0 aromatic heterocycles. The maximum atomic E-state index is 10.6. The van der Waals surface area contributed by atoms with Gasteiger partial charge in [-0.1, -0.05) is 0 Å². The van der Waals surface area contributed by atoms with Crippen molar-refractivity contribution >= 4 is 5.91 Å². The molecule has 1 amide bonds. The van der Waals surface area contributed by atoms with Crippen LogP contribution in [0.1, 0.15) is 0 Å². The fourth-order valence-electron chi connectivity index (χ4n) is 0.656. The topological polar surface area (TPSA) is 61.6 Å². The van der Waals surface area contributed by atoms with E-state index in [1.807, 2.05) is 0 Å². The van der Waals surface area contributed by atoms with Crippen LogP contribution in [0.3, 0.4) is 0 Å². The first-order valence-electron chi connectivity index (χ1n) is 3.16. The van der Waals surface area contributed by atoms with E-state index in [2.05, 4.69) is 0 Å². The van der Waals surface area contributed by atoms with Crippen molar-refractivity contribution in [2.24, 2.45) is 5.73 Å². The van der Waals surface area contributed by atoms with Crippen LogP contribution < -0.4 is 5.73 Å². The predicted molar refractivity (Wildman–Crippen MR) is 38.3 cm³/mol. The highest BCUT2D eigenvalue weighted by Gasteiger charge is 2.01. The number of hydrogen-bond donors (Lipinski definition) is 1. The van der Waals surface area contributed by atoms with Crippen LogP contribution in [0.2, 0.25) is 0 Å². The van der Waals surface area contributed by atoms with Gasteiger partial charge in [-0.25, -0.2) is 0 Å². The van der Waals surface area contributed by atoms with E-state index < -0.39 is 5.91 Å². The fraction of sp³-hybridized carbons (Fsp3) is 0.286. The Morgan fingerprint density at radius 1 is 1.64 bits per heavy atom. The number of hydrogen-bond acceptors (Lipinski definition) is 3. The Morgan fingerprint density at radius 2 is 2.45 bits per heavy atom. The Morgan fingerprint density at radius 3 is 3.18 bits per heavy atom. The predicted octanol–water partition coefficient (Wildman–Crippen LogP) is -0.0839. The Balaban J connectivity index is 2.66. The van der Waals surface area contributed by atoms with Crippen molar-refractivity contribution in [1.82, 2.24) is 0 Å². The highest BCUT2D eigenvalue weighted by molar-refractivity contribution is 5.94. The maximum Gasteiger partial charge on any atom is 0.248 e. The molecular formula is C7H9NO3. The van der Waals surface area contributed by atoms with Crippen molar-refractivity contribution in [2.75, 3.05) is 13.4 Å². The van der Waals surface area contributed by atoms with Gasteiger partial charge in [-0.3, -0.25) is 4.79 Å². The summed E-state index contributed by atoms with van der Waals surface area (Å²) in [4.78, 5) is 10.6. The number of carbonyl (C=O) groups is 1. The largest absolute Gasteiger partial charge is 0.475 e. The summed E-state index contributed by atoms with van der Waals surface area (Å²) in [6, 6.07) is 0. The standard InChI is InChI=1S/C7H9NO3/c8-7(9)6-1-3-10-5-11-4-2-6/h1-3H,4-5H2,(H2,8,9)/b3-1-,6-2+. The van der Waals surface area contributed by atoms with E-state index in [-0.39, 0.29) is 6.79 Å². The average Bonchev–Trinajstić information content (AvgIpc) is 1.84. The molecule has 11 heavy (non-hydrogen) atoms. The summed E-state index contributed by atoms with van der Waals surface area (Å²) >= 11 is 0. The molecule has 0 aromatic rings. The molecule has 0 atom stereocenters. The molecule has 1 aliphatic rings. The molecule has 0 aromatic carbocycles. The smallest absolute Gasteiger partial charge is 0.248 e. The Labute approximate surface area is 64.3 Å². The van der Waals surface area contributed by atoms with Gasteiger partial charge in [0.1, 0.15) is 0 Å². The van der Waals surface area contributed by atoms with Crippen LogP contribution in [0, 0.1) is 0 Å². The maximum absolute atomic E-state index is 10.6. The van der Waals surface area contributed by atoms with Gasteiger partial charge in [0.2, 0.25) is 5.91 Å². The van der Waals surface area contributed by atoms with Crippen LogP contribution in [0.15, 0.2) is 24.0 Å². The lowest BCUT2D eigenvalue weighted by Gasteiger charge is -2.04. The second-order valence-electron chi connectivity index (χ2n) is 1.98. The molecule has 4 heteroatoms. The number of carbonyl (C=O) groups excluding carboxylic acids is 1. The first-order valence-corrected chi connectivity index (χ1v) is 3.16. The van der Waals surface area contributed by atoms with Crippen molar-refractivity contribution in [3.63, 3.8) is 0 Å². The molecule has 4 nitrogen and oxygen atoms in total. The number of amides is 1. The average molecular weight is 155 g/mol. The molecular weight excluding hydrogens is 146 g/mol. The second kappa shape index (κ2) is 3.78. The van der Waals surface area contributed by atoms with Gasteiger partial charge in [0.15, 0.2) is 6.79 Å². The summed E-state index contributed by atoms with van der Waals surface area (Å²) in [5.74, 6) is -0.477. The Bertz CT molecular complexity index is 208. The molecule has 0 unspecified atom stereocenters. The third kappa shape index (κ3) is 2.43. The summed E-state index contributed by atoms with van der Waals surface area (Å²) in [5, 5.41) is 0. The van der Waals surface area contributed by atoms with Gasteiger partial charge < -0.3 is 15.2 Å². The van der Waals surface area contributed by atoms with Crippen molar-refractivity contribution in [3.05, 3.63) is 24.0 Å². The van der Waals surface area contributed by atoms with E-state index in [0.717, 1.165) is 0 Å². The molecule has 60 valence electrons. The molecule has 2 N–H and O–H groups in total. The van der Waals surface area contributed by atoms with E-state index in [0.29, 0.717) is 12.2 Å². The summed E-state index contributed by atoms with van der Waals surface area (Å²) in [7, 11) is 0.